The number of pyridine rings is 1. The standard InChI is InChI=1S/C17H13F4N3O2S/c1-9(12-6-7-22-8-13(12)18)14-15(25)24(16(26)23-14)10-2-4-11(5-3-10)27-17(19,20)21/h2-9,14H,1H3,(H,23,26). The van der Waals surface area contributed by atoms with Crippen molar-refractivity contribution in [2.45, 2.75) is 29.3 Å². The SMILES string of the molecule is CC(c1ccncc1F)C1NC(=O)N(c2ccc(SC(F)(F)F)cc2)C1=O. The van der Waals surface area contributed by atoms with Gasteiger partial charge in [-0.3, -0.25) is 9.78 Å². The van der Waals surface area contributed by atoms with Crippen LogP contribution >= 0.6 is 11.8 Å². The van der Waals surface area contributed by atoms with E-state index >= 15 is 0 Å². The van der Waals surface area contributed by atoms with Gasteiger partial charge in [-0.2, -0.15) is 13.2 Å². The Balaban J connectivity index is 1.81. The molecule has 5 nitrogen and oxygen atoms in total. The number of amides is 3. The lowest BCUT2D eigenvalue weighted by Crippen LogP contribution is -2.35. The molecule has 2 heterocycles. The molecule has 1 fully saturated rings. The summed E-state index contributed by atoms with van der Waals surface area (Å²) in [4.78, 5) is 29.3. The lowest BCUT2D eigenvalue weighted by atomic mass is 9.93. The van der Waals surface area contributed by atoms with Gasteiger partial charge in [0.15, 0.2) is 0 Å². The van der Waals surface area contributed by atoms with Crippen molar-refractivity contribution in [1.29, 1.82) is 0 Å². The average molecular weight is 399 g/mol. The van der Waals surface area contributed by atoms with Crippen LogP contribution in [0.5, 0.6) is 0 Å². The maximum atomic E-state index is 13.9. The summed E-state index contributed by atoms with van der Waals surface area (Å²) < 4.78 is 51.1. The van der Waals surface area contributed by atoms with E-state index in [1.807, 2.05) is 0 Å². The summed E-state index contributed by atoms with van der Waals surface area (Å²) in [5.41, 5.74) is -4.08. The second-order valence-electron chi connectivity index (χ2n) is 5.83. The van der Waals surface area contributed by atoms with Gasteiger partial charge in [0.2, 0.25) is 0 Å². The van der Waals surface area contributed by atoms with E-state index < -0.39 is 35.2 Å². The zero-order valence-corrected chi connectivity index (χ0v) is 14.6. The van der Waals surface area contributed by atoms with E-state index in [0.29, 0.717) is 0 Å². The zero-order valence-electron chi connectivity index (χ0n) is 13.8. The van der Waals surface area contributed by atoms with Gasteiger partial charge in [0, 0.05) is 17.0 Å². The minimum Gasteiger partial charge on any atom is -0.325 e. The predicted molar refractivity (Wildman–Crippen MR) is 90.8 cm³/mol. The van der Waals surface area contributed by atoms with Gasteiger partial charge >= 0.3 is 11.5 Å². The topological polar surface area (TPSA) is 62.3 Å². The monoisotopic (exact) mass is 399 g/mol. The Morgan fingerprint density at radius 2 is 1.85 bits per heavy atom. The van der Waals surface area contributed by atoms with Crippen LogP contribution in [0.25, 0.3) is 0 Å². The zero-order chi connectivity index (χ0) is 19.8. The van der Waals surface area contributed by atoms with E-state index in [-0.39, 0.29) is 27.9 Å². The van der Waals surface area contributed by atoms with Gasteiger partial charge in [-0.05, 0) is 47.7 Å². The van der Waals surface area contributed by atoms with Crippen LogP contribution in [0.3, 0.4) is 0 Å². The van der Waals surface area contributed by atoms with Crippen molar-refractivity contribution in [1.82, 2.24) is 10.3 Å². The normalized spacial score (nSPS) is 18.6. The van der Waals surface area contributed by atoms with E-state index in [2.05, 4.69) is 10.3 Å². The number of hydrogen-bond acceptors (Lipinski definition) is 4. The minimum atomic E-state index is -4.43. The Hall–Kier alpha value is -2.62. The molecule has 0 saturated carbocycles. The van der Waals surface area contributed by atoms with Gasteiger partial charge < -0.3 is 5.32 Å². The molecule has 0 radical (unpaired) electrons. The molecule has 10 heteroatoms. The molecular weight excluding hydrogens is 386 g/mol. The summed E-state index contributed by atoms with van der Waals surface area (Å²) in [6.45, 7) is 1.59. The Kier molecular flexibility index (Phi) is 5.09. The summed E-state index contributed by atoms with van der Waals surface area (Å²) >= 11 is -0.294. The van der Waals surface area contributed by atoms with Gasteiger partial charge in [-0.15, -0.1) is 0 Å². The fourth-order valence-corrected chi connectivity index (χ4v) is 3.35. The number of benzene rings is 1. The van der Waals surface area contributed by atoms with E-state index in [4.69, 9.17) is 0 Å². The molecule has 0 aliphatic carbocycles. The number of thioether (sulfide) groups is 1. The molecule has 0 bridgehead atoms. The van der Waals surface area contributed by atoms with Crippen LogP contribution in [0.2, 0.25) is 0 Å². The van der Waals surface area contributed by atoms with Gasteiger partial charge in [0.05, 0.1) is 11.9 Å². The summed E-state index contributed by atoms with van der Waals surface area (Å²) in [6, 6.07) is 4.56. The molecule has 1 aromatic carbocycles. The van der Waals surface area contributed by atoms with Crippen molar-refractivity contribution >= 4 is 29.4 Å². The van der Waals surface area contributed by atoms with Crippen molar-refractivity contribution in [2.75, 3.05) is 4.90 Å². The van der Waals surface area contributed by atoms with E-state index in [9.17, 15) is 27.2 Å². The minimum absolute atomic E-state index is 0.0675. The quantitative estimate of drug-likeness (QED) is 0.479. The maximum Gasteiger partial charge on any atom is 0.446 e. The molecule has 1 N–H and O–H groups in total. The lowest BCUT2D eigenvalue weighted by Gasteiger charge is -2.18. The number of anilines is 1. The summed E-state index contributed by atoms with van der Waals surface area (Å²) in [5, 5.41) is 2.50. The Morgan fingerprint density at radius 1 is 1.19 bits per heavy atom. The lowest BCUT2D eigenvalue weighted by molar-refractivity contribution is -0.118. The predicted octanol–water partition coefficient (Wildman–Crippen LogP) is 4.06. The second kappa shape index (κ2) is 7.18. The summed E-state index contributed by atoms with van der Waals surface area (Å²) in [7, 11) is 0. The average Bonchev–Trinajstić information content (AvgIpc) is 2.89. The summed E-state index contributed by atoms with van der Waals surface area (Å²) in [5.74, 6) is -1.87. The van der Waals surface area contributed by atoms with Gasteiger partial charge in [0.1, 0.15) is 11.9 Å². The number of nitrogens with zero attached hydrogens (tertiary/aromatic N) is 2. The molecule has 3 amide bonds. The molecule has 1 saturated heterocycles. The number of carbonyl (C=O) groups is 2. The van der Waals surface area contributed by atoms with Crippen LogP contribution in [0.15, 0.2) is 47.6 Å². The molecule has 1 aliphatic heterocycles. The van der Waals surface area contributed by atoms with E-state index in [0.717, 1.165) is 11.1 Å². The van der Waals surface area contributed by atoms with Crippen molar-refractivity contribution in [3.05, 3.63) is 54.1 Å². The molecule has 27 heavy (non-hydrogen) atoms. The third kappa shape index (κ3) is 4.05. The largest absolute Gasteiger partial charge is 0.446 e. The van der Waals surface area contributed by atoms with Crippen molar-refractivity contribution in [2.24, 2.45) is 0 Å². The first-order valence-electron chi connectivity index (χ1n) is 7.77. The molecule has 2 aromatic rings. The Labute approximate surface area is 155 Å². The third-order valence-corrected chi connectivity index (χ3v) is 4.83. The number of nitrogens with one attached hydrogen (secondary N) is 1. The third-order valence-electron chi connectivity index (χ3n) is 4.09. The highest BCUT2D eigenvalue weighted by molar-refractivity contribution is 8.00. The van der Waals surface area contributed by atoms with Gasteiger partial charge in [0.25, 0.3) is 5.91 Å². The number of alkyl halides is 3. The van der Waals surface area contributed by atoms with Crippen molar-refractivity contribution < 1.29 is 27.2 Å². The number of halogens is 4. The number of rotatable bonds is 4. The first-order valence-corrected chi connectivity index (χ1v) is 8.58. The number of hydrogen-bond donors (Lipinski definition) is 1. The highest BCUT2D eigenvalue weighted by Crippen LogP contribution is 2.37. The molecule has 3 rings (SSSR count). The van der Waals surface area contributed by atoms with E-state index in [1.165, 1.54) is 36.5 Å². The Bertz CT molecular complexity index is 873. The van der Waals surface area contributed by atoms with Crippen LogP contribution in [0.1, 0.15) is 18.4 Å². The summed E-state index contributed by atoms with van der Waals surface area (Å²) in [6.07, 6.45) is 2.40. The molecule has 2 atom stereocenters. The first-order chi connectivity index (χ1) is 12.7. The molecule has 142 valence electrons. The van der Waals surface area contributed by atoms with Crippen LogP contribution in [0, 0.1) is 5.82 Å². The number of aromatic nitrogens is 1. The highest BCUT2D eigenvalue weighted by Gasteiger charge is 2.43. The molecule has 1 aliphatic rings. The van der Waals surface area contributed by atoms with Gasteiger partial charge in [-0.1, -0.05) is 6.92 Å². The molecular formula is C17H13F4N3O2S. The molecule has 2 unspecified atom stereocenters. The van der Waals surface area contributed by atoms with Crippen LogP contribution in [-0.4, -0.2) is 28.5 Å². The Morgan fingerprint density at radius 3 is 2.44 bits per heavy atom. The van der Waals surface area contributed by atoms with Crippen LogP contribution < -0.4 is 10.2 Å². The first kappa shape index (κ1) is 19.2. The van der Waals surface area contributed by atoms with Crippen LogP contribution in [0.4, 0.5) is 28.0 Å². The van der Waals surface area contributed by atoms with Crippen molar-refractivity contribution in [3.8, 4) is 0 Å². The number of urea groups is 1. The second-order valence-corrected chi connectivity index (χ2v) is 6.97. The van der Waals surface area contributed by atoms with Gasteiger partial charge in [-0.25, -0.2) is 14.1 Å². The van der Waals surface area contributed by atoms with Crippen LogP contribution in [-0.2, 0) is 4.79 Å². The highest BCUT2D eigenvalue weighted by atomic mass is 32.2. The fourth-order valence-electron chi connectivity index (χ4n) is 2.81. The van der Waals surface area contributed by atoms with E-state index in [1.54, 1.807) is 6.92 Å². The van der Waals surface area contributed by atoms with Crippen molar-refractivity contribution in [3.63, 3.8) is 0 Å². The number of imide groups is 1. The number of carbonyl (C=O) groups excluding carboxylic acids is 2. The molecule has 1 aromatic heterocycles. The maximum absolute atomic E-state index is 13.9. The smallest absolute Gasteiger partial charge is 0.325 e. The molecule has 0 spiro atoms. The fraction of sp³-hybridized carbons (Fsp3) is 0.235.